The van der Waals surface area contributed by atoms with Crippen molar-refractivity contribution in [1.29, 1.82) is 0 Å². The van der Waals surface area contributed by atoms with E-state index in [9.17, 15) is 4.79 Å². The SMILES string of the molecule is CN(CCOc1ccc(Cl)cc1)C(=O)c1cccnc1Br. The summed E-state index contributed by atoms with van der Waals surface area (Å²) >= 11 is 9.08. The highest BCUT2D eigenvalue weighted by Crippen LogP contribution is 2.16. The van der Waals surface area contributed by atoms with Crippen molar-refractivity contribution in [1.82, 2.24) is 9.88 Å². The summed E-state index contributed by atoms with van der Waals surface area (Å²) in [7, 11) is 1.73. The predicted molar refractivity (Wildman–Crippen MR) is 85.8 cm³/mol. The number of hydrogen-bond donors (Lipinski definition) is 0. The van der Waals surface area contributed by atoms with Gasteiger partial charge in [0.25, 0.3) is 5.91 Å². The van der Waals surface area contributed by atoms with Crippen molar-refractivity contribution >= 4 is 33.4 Å². The molecule has 4 nitrogen and oxygen atoms in total. The summed E-state index contributed by atoms with van der Waals surface area (Å²) in [6.07, 6.45) is 1.63. The van der Waals surface area contributed by atoms with Gasteiger partial charge in [0.05, 0.1) is 12.1 Å². The average molecular weight is 370 g/mol. The van der Waals surface area contributed by atoms with Gasteiger partial charge in [0.2, 0.25) is 0 Å². The molecule has 2 aromatic rings. The highest BCUT2D eigenvalue weighted by molar-refractivity contribution is 9.10. The Kier molecular flexibility index (Phi) is 5.59. The Hall–Kier alpha value is -1.59. The zero-order valence-electron chi connectivity index (χ0n) is 11.4. The molecule has 110 valence electrons. The summed E-state index contributed by atoms with van der Waals surface area (Å²) in [6, 6.07) is 10.6. The molecule has 0 fully saturated rings. The van der Waals surface area contributed by atoms with Crippen molar-refractivity contribution in [3.05, 3.63) is 57.8 Å². The molecular weight excluding hydrogens is 356 g/mol. The number of carbonyl (C=O) groups is 1. The Morgan fingerprint density at radius 2 is 2.05 bits per heavy atom. The first kappa shape index (κ1) is 15.8. The van der Waals surface area contributed by atoms with Gasteiger partial charge in [-0.1, -0.05) is 11.6 Å². The molecule has 2 rings (SSSR count). The molecule has 0 bridgehead atoms. The quantitative estimate of drug-likeness (QED) is 0.756. The minimum atomic E-state index is -0.102. The number of likely N-dealkylation sites (N-methyl/N-ethyl adjacent to an activating group) is 1. The Morgan fingerprint density at radius 1 is 1.33 bits per heavy atom. The maximum absolute atomic E-state index is 12.2. The molecule has 0 aliphatic carbocycles. The van der Waals surface area contributed by atoms with E-state index in [1.807, 2.05) is 0 Å². The van der Waals surface area contributed by atoms with Crippen LogP contribution in [0.15, 0.2) is 47.2 Å². The van der Waals surface area contributed by atoms with E-state index in [1.54, 1.807) is 54.5 Å². The van der Waals surface area contributed by atoms with Crippen LogP contribution >= 0.6 is 27.5 Å². The summed E-state index contributed by atoms with van der Waals surface area (Å²) in [6.45, 7) is 0.880. The van der Waals surface area contributed by atoms with E-state index in [2.05, 4.69) is 20.9 Å². The van der Waals surface area contributed by atoms with Crippen LogP contribution in [-0.4, -0.2) is 36.0 Å². The van der Waals surface area contributed by atoms with Gasteiger partial charge >= 0.3 is 0 Å². The molecule has 0 aliphatic heterocycles. The molecule has 0 spiro atoms. The second-order valence-electron chi connectivity index (χ2n) is 4.37. The van der Waals surface area contributed by atoms with E-state index in [0.29, 0.717) is 28.3 Å². The van der Waals surface area contributed by atoms with E-state index in [1.165, 1.54) is 0 Å². The maximum Gasteiger partial charge on any atom is 0.256 e. The van der Waals surface area contributed by atoms with Crippen molar-refractivity contribution < 1.29 is 9.53 Å². The third-order valence-corrected chi connectivity index (χ3v) is 3.73. The molecular formula is C15H14BrClN2O2. The van der Waals surface area contributed by atoms with Gasteiger partial charge in [-0.2, -0.15) is 0 Å². The summed E-state index contributed by atoms with van der Waals surface area (Å²) in [5.41, 5.74) is 0.534. The van der Waals surface area contributed by atoms with Crippen molar-refractivity contribution in [2.75, 3.05) is 20.2 Å². The van der Waals surface area contributed by atoms with Crippen molar-refractivity contribution in [3.8, 4) is 5.75 Å². The van der Waals surface area contributed by atoms with Crippen LogP contribution in [0.2, 0.25) is 5.02 Å². The molecule has 0 N–H and O–H groups in total. The van der Waals surface area contributed by atoms with Crippen LogP contribution < -0.4 is 4.74 Å². The molecule has 21 heavy (non-hydrogen) atoms. The van der Waals surface area contributed by atoms with Crippen molar-refractivity contribution in [3.63, 3.8) is 0 Å². The van der Waals surface area contributed by atoms with Gasteiger partial charge in [-0.3, -0.25) is 4.79 Å². The number of halogens is 2. The summed E-state index contributed by atoms with van der Waals surface area (Å²) in [5.74, 6) is 0.623. The number of nitrogens with zero attached hydrogens (tertiary/aromatic N) is 2. The predicted octanol–water partition coefficient (Wildman–Crippen LogP) is 3.65. The van der Waals surface area contributed by atoms with E-state index >= 15 is 0 Å². The number of pyridine rings is 1. The standard InChI is InChI=1S/C15H14BrClN2O2/c1-19(15(20)13-3-2-8-18-14(13)16)9-10-21-12-6-4-11(17)5-7-12/h2-8H,9-10H2,1H3. The second-order valence-corrected chi connectivity index (χ2v) is 5.56. The van der Waals surface area contributed by atoms with Gasteiger partial charge in [0, 0.05) is 18.3 Å². The number of rotatable bonds is 5. The molecule has 0 saturated carbocycles. The Morgan fingerprint density at radius 3 is 2.71 bits per heavy atom. The number of amides is 1. The molecule has 0 atom stereocenters. The van der Waals surface area contributed by atoms with Crippen LogP contribution in [0.1, 0.15) is 10.4 Å². The first-order chi connectivity index (χ1) is 10.1. The summed E-state index contributed by atoms with van der Waals surface area (Å²) in [4.78, 5) is 17.9. The van der Waals surface area contributed by atoms with E-state index in [4.69, 9.17) is 16.3 Å². The second kappa shape index (κ2) is 7.43. The number of aromatic nitrogens is 1. The van der Waals surface area contributed by atoms with E-state index in [0.717, 1.165) is 5.75 Å². The Labute approximate surface area is 136 Å². The van der Waals surface area contributed by atoms with Crippen LogP contribution in [0.5, 0.6) is 5.75 Å². The van der Waals surface area contributed by atoms with Gasteiger partial charge in [0.1, 0.15) is 17.0 Å². The van der Waals surface area contributed by atoms with Crippen LogP contribution in [0.4, 0.5) is 0 Å². The lowest BCUT2D eigenvalue weighted by atomic mass is 10.2. The van der Waals surface area contributed by atoms with Crippen molar-refractivity contribution in [2.45, 2.75) is 0 Å². The first-order valence-corrected chi connectivity index (χ1v) is 7.49. The lowest BCUT2D eigenvalue weighted by molar-refractivity contribution is 0.0772. The molecule has 1 amide bonds. The van der Waals surface area contributed by atoms with E-state index in [-0.39, 0.29) is 5.91 Å². The molecule has 1 aromatic heterocycles. The zero-order valence-corrected chi connectivity index (χ0v) is 13.8. The smallest absolute Gasteiger partial charge is 0.256 e. The maximum atomic E-state index is 12.2. The van der Waals surface area contributed by atoms with Gasteiger partial charge in [-0.25, -0.2) is 4.98 Å². The van der Waals surface area contributed by atoms with Crippen LogP contribution in [0.25, 0.3) is 0 Å². The lowest BCUT2D eigenvalue weighted by Crippen LogP contribution is -2.31. The highest BCUT2D eigenvalue weighted by Gasteiger charge is 2.14. The van der Waals surface area contributed by atoms with E-state index < -0.39 is 0 Å². The fourth-order valence-electron chi connectivity index (χ4n) is 1.68. The zero-order chi connectivity index (χ0) is 15.2. The monoisotopic (exact) mass is 368 g/mol. The normalized spacial score (nSPS) is 10.2. The fraction of sp³-hybridized carbons (Fsp3) is 0.200. The van der Waals surface area contributed by atoms with Crippen LogP contribution in [0.3, 0.4) is 0 Å². The van der Waals surface area contributed by atoms with Gasteiger partial charge in [-0.05, 0) is 52.3 Å². The molecule has 6 heteroatoms. The van der Waals surface area contributed by atoms with Gasteiger partial charge in [-0.15, -0.1) is 0 Å². The molecule has 0 unspecified atom stereocenters. The summed E-state index contributed by atoms with van der Waals surface area (Å²) < 4.78 is 6.11. The first-order valence-electron chi connectivity index (χ1n) is 6.32. The molecule has 1 heterocycles. The molecule has 0 saturated heterocycles. The van der Waals surface area contributed by atoms with Crippen LogP contribution in [0, 0.1) is 0 Å². The number of carbonyl (C=O) groups excluding carboxylic acids is 1. The number of hydrogen-bond acceptors (Lipinski definition) is 3. The number of benzene rings is 1. The topological polar surface area (TPSA) is 42.4 Å². The lowest BCUT2D eigenvalue weighted by Gasteiger charge is -2.18. The average Bonchev–Trinajstić information content (AvgIpc) is 2.49. The minimum absolute atomic E-state index is 0.102. The molecule has 0 radical (unpaired) electrons. The highest BCUT2D eigenvalue weighted by atomic mass is 79.9. The Bertz CT molecular complexity index is 619. The molecule has 1 aromatic carbocycles. The van der Waals surface area contributed by atoms with Crippen molar-refractivity contribution in [2.24, 2.45) is 0 Å². The van der Waals surface area contributed by atoms with Gasteiger partial charge < -0.3 is 9.64 Å². The number of ether oxygens (including phenoxy) is 1. The largest absolute Gasteiger partial charge is 0.492 e. The molecule has 0 aliphatic rings. The third kappa shape index (κ3) is 4.44. The van der Waals surface area contributed by atoms with Gasteiger partial charge in [0.15, 0.2) is 0 Å². The summed E-state index contributed by atoms with van der Waals surface area (Å²) in [5, 5.41) is 0.663. The minimum Gasteiger partial charge on any atom is -0.492 e. The Balaban J connectivity index is 1.87. The fourth-order valence-corrected chi connectivity index (χ4v) is 2.23. The van der Waals surface area contributed by atoms with Crippen LogP contribution in [-0.2, 0) is 0 Å². The third-order valence-electron chi connectivity index (χ3n) is 2.85.